The van der Waals surface area contributed by atoms with Gasteiger partial charge >= 0.3 is 8.32 Å². The first-order chi connectivity index (χ1) is 9.11. The van der Waals surface area contributed by atoms with E-state index in [0.717, 1.165) is 24.9 Å². The Labute approximate surface area is 120 Å². The van der Waals surface area contributed by atoms with Crippen molar-refractivity contribution in [1.82, 2.24) is 0 Å². The Morgan fingerprint density at radius 2 is 1.05 bits per heavy atom. The Hall–Kier alpha value is 0.274. The minimum Gasteiger partial charge on any atom is -0.385 e. The van der Waals surface area contributed by atoms with Gasteiger partial charge in [-0.3, -0.25) is 0 Å². The van der Waals surface area contributed by atoms with Gasteiger partial charge in [0, 0.05) is 32.7 Å². The predicted octanol–water partition coefficient (Wildman–Crippen LogP) is 3.18. The van der Waals surface area contributed by atoms with Crippen LogP contribution >= 0.6 is 0 Å². The Morgan fingerprint density at radius 1 is 0.632 bits per heavy atom. The SMILES string of the molecule is CCOC[Si](CC)(CC)[Si](OCC)(OCC)OCC. The molecule has 0 aromatic carbocycles. The van der Waals surface area contributed by atoms with Crippen molar-refractivity contribution in [2.45, 2.75) is 53.6 Å². The maximum Gasteiger partial charge on any atom is 0.472 e. The van der Waals surface area contributed by atoms with Crippen LogP contribution in [0.1, 0.15) is 41.5 Å². The molecule has 0 aliphatic heterocycles. The smallest absolute Gasteiger partial charge is 0.385 e. The van der Waals surface area contributed by atoms with Gasteiger partial charge in [0.25, 0.3) is 0 Å². The van der Waals surface area contributed by atoms with Crippen LogP contribution in [0.3, 0.4) is 0 Å². The molecule has 0 atom stereocenters. The average molecular weight is 309 g/mol. The molecule has 0 N–H and O–H groups in total. The third kappa shape index (κ3) is 4.65. The van der Waals surface area contributed by atoms with E-state index >= 15 is 0 Å². The van der Waals surface area contributed by atoms with E-state index in [1.165, 1.54) is 0 Å². The molecule has 0 aliphatic rings. The molecule has 0 radical (unpaired) electrons. The van der Waals surface area contributed by atoms with E-state index in [0.29, 0.717) is 19.8 Å². The highest BCUT2D eigenvalue weighted by Crippen LogP contribution is 2.31. The average Bonchev–Trinajstić information content (AvgIpc) is 2.41. The fourth-order valence-corrected chi connectivity index (χ4v) is 14.8. The molecule has 0 aliphatic carbocycles. The van der Waals surface area contributed by atoms with E-state index in [1.54, 1.807) is 0 Å². The molecule has 0 heterocycles. The molecule has 0 rings (SSSR count). The normalized spacial score (nSPS) is 12.9. The lowest BCUT2D eigenvalue weighted by Gasteiger charge is -2.42. The van der Waals surface area contributed by atoms with Crippen LogP contribution < -0.4 is 0 Å². The lowest BCUT2D eigenvalue weighted by atomic mass is 10.9. The van der Waals surface area contributed by atoms with E-state index in [1.807, 2.05) is 27.7 Å². The fraction of sp³-hybridized carbons (Fsp3) is 1.00. The van der Waals surface area contributed by atoms with Crippen LogP contribution in [-0.4, -0.2) is 48.6 Å². The number of hydrogen-bond acceptors (Lipinski definition) is 4. The molecule has 19 heavy (non-hydrogen) atoms. The van der Waals surface area contributed by atoms with Gasteiger partial charge in [-0.1, -0.05) is 25.9 Å². The molecule has 0 aromatic heterocycles. The molecule has 6 heteroatoms. The van der Waals surface area contributed by atoms with Gasteiger partial charge in [-0.15, -0.1) is 0 Å². The summed E-state index contributed by atoms with van der Waals surface area (Å²) in [6, 6.07) is 2.16. The minimum atomic E-state index is -2.60. The summed E-state index contributed by atoms with van der Waals surface area (Å²) in [4.78, 5) is 0. The first-order valence-electron chi connectivity index (χ1n) is 7.61. The van der Waals surface area contributed by atoms with Crippen LogP contribution in [0.5, 0.6) is 0 Å². The van der Waals surface area contributed by atoms with Crippen molar-refractivity contribution < 1.29 is 18.0 Å². The van der Waals surface area contributed by atoms with Crippen molar-refractivity contribution in [2.75, 3.05) is 32.7 Å². The monoisotopic (exact) mass is 308 g/mol. The molecule has 0 fully saturated rings. The summed E-state index contributed by atoms with van der Waals surface area (Å²) in [5, 5.41) is 0. The van der Waals surface area contributed by atoms with Crippen LogP contribution in [0.25, 0.3) is 0 Å². The van der Waals surface area contributed by atoms with Crippen molar-refractivity contribution in [1.29, 1.82) is 0 Å². The second-order valence-electron chi connectivity index (χ2n) is 4.48. The van der Waals surface area contributed by atoms with E-state index in [2.05, 4.69) is 13.8 Å². The van der Waals surface area contributed by atoms with E-state index in [9.17, 15) is 0 Å². The van der Waals surface area contributed by atoms with Gasteiger partial charge in [0.1, 0.15) is 0 Å². The fourth-order valence-electron chi connectivity index (χ4n) is 2.43. The minimum absolute atomic E-state index is 0.646. The zero-order valence-corrected chi connectivity index (χ0v) is 15.6. The summed E-state index contributed by atoms with van der Waals surface area (Å²) >= 11 is 0. The molecular formula is C13H32O4Si2. The summed E-state index contributed by atoms with van der Waals surface area (Å²) in [5.41, 5.74) is 0. The van der Waals surface area contributed by atoms with Crippen molar-refractivity contribution in [3.05, 3.63) is 0 Å². The highest BCUT2D eigenvalue weighted by atomic mass is 29.3. The van der Waals surface area contributed by atoms with Crippen LogP contribution in [0, 0.1) is 0 Å². The predicted molar refractivity (Wildman–Crippen MR) is 83.8 cm³/mol. The first kappa shape index (κ1) is 19.3. The molecule has 0 saturated heterocycles. The van der Waals surface area contributed by atoms with Gasteiger partial charge in [0.05, 0.1) is 0 Å². The second kappa shape index (κ2) is 10.1. The Kier molecular flexibility index (Phi) is 10.2. The van der Waals surface area contributed by atoms with Gasteiger partial charge in [-0.2, -0.15) is 0 Å². The standard InChI is InChI=1S/C13H32O4Si2/c1-7-14-13-18(11-5,12-6)19(15-8-2,16-9-3)17-10-4/h7-13H2,1-6H3. The third-order valence-electron chi connectivity index (χ3n) is 3.59. The Morgan fingerprint density at radius 3 is 1.32 bits per heavy atom. The summed E-state index contributed by atoms with van der Waals surface area (Å²) in [6.07, 6.45) is 0.780. The molecule has 0 saturated carbocycles. The van der Waals surface area contributed by atoms with E-state index in [4.69, 9.17) is 18.0 Å². The number of ether oxygens (including phenoxy) is 1. The Balaban J connectivity index is 5.40. The molecular weight excluding hydrogens is 276 g/mol. The van der Waals surface area contributed by atoms with E-state index < -0.39 is 15.9 Å². The van der Waals surface area contributed by atoms with Gasteiger partial charge < -0.3 is 18.0 Å². The second-order valence-corrected chi connectivity index (χ2v) is 15.7. The Bertz CT molecular complexity index is 206. The summed E-state index contributed by atoms with van der Waals surface area (Å²) < 4.78 is 24.2. The van der Waals surface area contributed by atoms with Gasteiger partial charge in [-0.25, -0.2) is 0 Å². The summed E-state index contributed by atoms with van der Waals surface area (Å²) in [7, 11) is -4.46. The first-order valence-corrected chi connectivity index (χ1v) is 13.0. The third-order valence-corrected chi connectivity index (χ3v) is 18.1. The van der Waals surface area contributed by atoms with Gasteiger partial charge in [-0.05, 0) is 27.7 Å². The van der Waals surface area contributed by atoms with Crippen molar-refractivity contribution in [2.24, 2.45) is 0 Å². The maximum absolute atomic E-state index is 6.13. The zero-order chi connectivity index (χ0) is 14.8. The molecule has 0 bridgehead atoms. The molecule has 0 unspecified atom stereocenters. The summed E-state index contributed by atoms with van der Waals surface area (Å²) in [6.45, 7) is 15.2. The van der Waals surface area contributed by atoms with Gasteiger partial charge in [0.2, 0.25) is 0 Å². The van der Waals surface area contributed by atoms with Crippen LogP contribution in [0.15, 0.2) is 0 Å². The largest absolute Gasteiger partial charge is 0.472 e. The molecule has 0 aromatic rings. The van der Waals surface area contributed by atoms with Crippen LogP contribution in [0.4, 0.5) is 0 Å². The molecule has 4 nitrogen and oxygen atoms in total. The van der Waals surface area contributed by atoms with E-state index in [-0.39, 0.29) is 0 Å². The van der Waals surface area contributed by atoms with Crippen molar-refractivity contribution >= 4 is 15.9 Å². The van der Waals surface area contributed by atoms with Crippen molar-refractivity contribution in [3.8, 4) is 0 Å². The summed E-state index contributed by atoms with van der Waals surface area (Å²) in [5.74, 6) is 0. The molecule has 0 spiro atoms. The van der Waals surface area contributed by atoms with Crippen LogP contribution in [-0.2, 0) is 18.0 Å². The highest BCUT2D eigenvalue weighted by Gasteiger charge is 2.60. The lowest BCUT2D eigenvalue weighted by molar-refractivity contribution is 0.0865. The lowest BCUT2D eigenvalue weighted by Crippen LogP contribution is -2.70. The topological polar surface area (TPSA) is 36.9 Å². The molecule has 116 valence electrons. The van der Waals surface area contributed by atoms with Crippen LogP contribution in [0.2, 0.25) is 12.1 Å². The quantitative estimate of drug-likeness (QED) is 0.519. The highest BCUT2D eigenvalue weighted by molar-refractivity contribution is 7.35. The number of rotatable bonds is 12. The van der Waals surface area contributed by atoms with Crippen molar-refractivity contribution in [3.63, 3.8) is 0 Å². The van der Waals surface area contributed by atoms with Gasteiger partial charge in [0.15, 0.2) is 7.59 Å². The maximum atomic E-state index is 6.13. The zero-order valence-electron chi connectivity index (χ0n) is 13.6. The number of hydrogen-bond donors (Lipinski definition) is 0. The molecule has 0 amide bonds.